The van der Waals surface area contributed by atoms with E-state index in [-0.39, 0.29) is 11.9 Å². The Bertz CT molecular complexity index is 524. The van der Waals surface area contributed by atoms with Crippen LogP contribution < -0.4 is 5.32 Å². The van der Waals surface area contributed by atoms with Gasteiger partial charge in [0, 0.05) is 13.2 Å². The van der Waals surface area contributed by atoms with Crippen molar-refractivity contribution in [2.24, 2.45) is 7.05 Å². The van der Waals surface area contributed by atoms with E-state index in [2.05, 4.69) is 10.4 Å². The largest absolute Gasteiger partial charge is 0.376 e. The number of nitrogens with zero attached hydrogens (tertiary/aromatic N) is 2. The van der Waals surface area contributed by atoms with Crippen LogP contribution in [-0.4, -0.2) is 9.78 Å². The third kappa shape index (κ3) is 2.58. The molecule has 0 saturated carbocycles. The molecule has 2 rings (SSSR count). The van der Waals surface area contributed by atoms with Crippen LogP contribution in [0.1, 0.15) is 18.7 Å². The van der Waals surface area contributed by atoms with Gasteiger partial charge in [0.05, 0.1) is 22.4 Å². The van der Waals surface area contributed by atoms with Gasteiger partial charge >= 0.3 is 0 Å². The van der Waals surface area contributed by atoms with Gasteiger partial charge in [-0.25, -0.2) is 4.39 Å². The van der Waals surface area contributed by atoms with Crippen LogP contribution >= 0.6 is 11.6 Å². The molecule has 1 aromatic heterocycles. The first-order valence-corrected chi connectivity index (χ1v) is 5.65. The minimum atomic E-state index is -0.339. The average molecular weight is 254 g/mol. The number of nitrogens with one attached hydrogen (secondary N) is 1. The molecular formula is C12H13ClFN3. The summed E-state index contributed by atoms with van der Waals surface area (Å²) in [5.41, 5.74) is 1.74. The van der Waals surface area contributed by atoms with Crippen LogP contribution in [0.15, 0.2) is 30.5 Å². The SMILES string of the molecule is CC(Nc1ccc(F)cc1Cl)c1ccnn1C. The van der Waals surface area contributed by atoms with Gasteiger partial charge in [0.1, 0.15) is 5.82 Å². The second-order valence-corrected chi connectivity index (χ2v) is 4.28. The molecule has 0 spiro atoms. The maximum absolute atomic E-state index is 12.9. The molecule has 0 amide bonds. The zero-order chi connectivity index (χ0) is 12.4. The molecule has 0 aliphatic heterocycles. The topological polar surface area (TPSA) is 29.9 Å². The minimum Gasteiger partial charge on any atom is -0.376 e. The number of anilines is 1. The van der Waals surface area contributed by atoms with Gasteiger partial charge in [-0.05, 0) is 31.2 Å². The van der Waals surface area contributed by atoms with Gasteiger partial charge in [-0.15, -0.1) is 0 Å². The number of hydrogen-bond donors (Lipinski definition) is 1. The van der Waals surface area contributed by atoms with E-state index in [0.717, 1.165) is 5.69 Å². The number of aromatic nitrogens is 2. The second-order valence-electron chi connectivity index (χ2n) is 3.87. The molecule has 5 heteroatoms. The van der Waals surface area contributed by atoms with E-state index in [4.69, 9.17) is 11.6 Å². The molecule has 0 fully saturated rings. The molecule has 0 bridgehead atoms. The van der Waals surface area contributed by atoms with E-state index in [1.165, 1.54) is 12.1 Å². The molecule has 17 heavy (non-hydrogen) atoms. The van der Waals surface area contributed by atoms with Gasteiger partial charge in [-0.2, -0.15) is 5.10 Å². The summed E-state index contributed by atoms with van der Waals surface area (Å²) >= 11 is 5.95. The number of hydrogen-bond acceptors (Lipinski definition) is 2. The maximum atomic E-state index is 12.9. The molecule has 1 unspecified atom stereocenters. The van der Waals surface area contributed by atoms with Gasteiger partial charge in [0.2, 0.25) is 0 Å². The third-order valence-corrected chi connectivity index (χ3v) is 2.92. The van der Waals surface area contributed by atoms with E-state index in [1.54, 1.807) is 16.9 Å². The van der Waals surface area contributed by atoms with Crippen LogP contribution in [0.2, 0.25) is 5.02 Å². The van der Waals surface area contributed by atoms with Crippen LogP contribution in [0.5, 0.6) is 0 Å². The zero-order valence-corrected chi connectivity index (χ0v) is 10.4. The predicted octanol–water partition coefficient (Wildman–Crippen LogP) is 3.39. The number of halogens is 2. The molecule has 3 nitrogen and oxygen atoms in total. The lowest BCUT2D eigenvalue weighted by atomic mass is 10.2. The number of rotatable bonds is 3. The molecule has 0 radical (unpaired) electrons. The Kier molecular flexibility index (Phi) is 3.33. The standard InChI is InChI=1S/C12H13ClFN3/c1-8(12-5-6-15-17(12)2)16-11-4-3-9(14)7-10(11)13/h3-8,16H,1-2H3. The van der Waals surface area contributed by atoms with Crippen molar-refractivity contribution in [3.8, 4) is 0 Å². The maximum Gasteiger partial charge on any atom is 0.124 e. The highest BCUT2D eigenvalue weighted by Crippen LogP contribution is 2.26. The van der Waals surface area contributed by atoms with Gasteiger partial charge in [0.15, 0.2) is 0 Å². The smallest absolute Gasteiger partial charge is 0.124 e. The molecular weight excluding hydrogens is 241 g/mol. The Morgan fingerprint density at radius 1 is 1.41 bits per heavy atom. The van der Waals surface area contributed by atoms with Crippen LogP contribution in [-0.2, 0) is 7.05 Å². The third-order valence-electron chi connectivity index (χ3n) is 2.61. The molecule has 90 valence electrons. The summed E-state index contributed by atoms with van der Waals surface area (Å²) in [7, 11) is 1.87. The van der Waals surface area contributed by atoms with Crippen molar-refractivity contribution in [2.45, 2.75) is 13.0 Å². The van der Waals surface area contributed by atoms with E-state index in [0.29, 0.717) is 10.7 Å². The average Bonchev–Trinajstić information content (AvgIpc) is 2.68. The quantitative estimate of drug-likeness (QED) is 0.909. The molecule has 1 aromatic carbocycles. The summed E-state index contributed by atoms with van der Waals surface area (Å²) < 4.78 is 14.7. The van der Waals surface area contributed by atoms with E-state index in [9.17, 15) is 4.39 Å². The normalized spacial score (nSPS) is 12.5. The fourth-order valence-electron chi connectivity index (χ4n) is 1.72. The van der Waals surface area contributed by atoms with Crippen molar-refractivity contribution in [1.29, 1.82) is 0 Å². The Balaban J connectivity index is 2.19. The van der Waals surface area contributed by atoms with Crippen molar-refractivity contribution >= 4 is 17.3 Å². The van der Waals surface area contributed by atoms with Crippen molar-refractivity contribution < 1.29 is 4.39 Å². The Labute approximate surface area is 104 Å². The van der Waals surface area contributed by atoms with Crippen LogP contribution in [0.25, 0.3) is 0 Å². The number of benzene rings is 1. The van der Waals surface area contributed by atoms with Crippen molar-refractivity contribution in [1.82, 2.24) is 9.78 Å². The highest BCUT2D eigenvalue weighted by Gasteiger charge is 2.11. The summed E-state index contributed by atoms with van der Waals surface area (Å²) in [6.45, 7) is 2.00. The molecule has 1 heterocycles. The molecule has 1 atom stereocenters. The van der Waals surface area contributed by atoms with Crippen LogP contribution in [0.3, 0.4) is 0 Å². The Morgan fingerprint density at radius 2 is 2.18 bits per heavy atom. The van der Waals surface area contributed by atoms with Crippen LogP contribution in [0.4, 0.5) is 10.1 Å². The number of aryl methyl sites for hydroxylation is 1. The van der Waals surface area contributed by atoms with E-state index in [1.807, 2.05) is 20.0 Å². The lowest BCUT2D eigenvalue weighted by Crippen LogP contribution is -2.11. The van der Waals surface area contributed by atoms with Gasteiger partial charge < -0.3 is 5.32 Å². The lowest BCUT2D eigenvalue weighted by molar-refractivity contribution is 0.627. The molecule has 0 aliphatic rings. The lowest BCUT2D eigenvalue weighted by Gasteiger charge is -2.16. The highest BCUT2D eigenvalue weighted by molar-refractivity contribution is 6.33. The van der Waals surface area contributed by atoms with E-state index >= 15 is 0 Å². The monoisotopic (exact) mass is 253 g/mol. The first-order valence-electron chi connectivity index (χ1n) is 5.27. The van der Waals surface area contributed by atoms with Gasteiger partial charge in [0.25, 0.3) is 0 Å². The fraction of sp³-hybridized carbons (Fsp3) is 0.250. The molecule has 0 saturated heterocycles. The predicted molar refractivity (Wildman–Crippen MR) is 66.7 cm³/mol. The molecule has 0 aliphatic carbocycles. The highest BCUT2D eigenvalue weighted by atomic mass is 35.5. The molecule has 2 aromatic rings. The van der Waals surface area contributed by atoms with E-state index < -0.39 is 0 Å². The Hall–Kier alpha value is -1.55. The Morgan fingerprint density at radius 3 is 2.76 bits per heavy atom. The van der Waals surface area contributed by atoms with Crippen molar-refractivity contribution in [2.75, 3.05) is 5.32 Å². The summed E-state index contributed by atoms with van der Waals surface area (Å²) in [6, 6.07) is 6.27. The molecule has 1 N–H and O–H groups in total. The first kappa shape index (κ1) is 11.9. The summed E-state index contributed by atoms with van der Waals surface area (Å²) in [5.74, 6) is -0.339. The second kappa shape index (κ2) is 4.75. The summed E-state index contributed by atoms with van der Waals surface area (Å²) in [5, 5.41) is 7.69. The summed E-state index contributed by atoms with van der Waals surface area (Å²) in [4.78, 5) is 0. The summed E-state index contributed by atoms with van der Waals surface area (Å²) in [6.07, 6.45) is 1.74. The van der Waals surface area contributed by atoms with Gasteiger partial charge in [-0.3, -0.25) is 4.68 Å². The van der Waals surface area contributed by atoms with Crippen molar-refractivity contribution in [3.05, 3.63) is 47.0 Å². The first-order chi connectivity index (χ1) is 8.08. The van der Waals surface area contributed by atoms with Crippen molar-refractivity contribution in [3.63, 3.8) is 0 Å². The fourth-order valence-corrected chi connectivity index (χ4v) is 1.94. The minimum absolute atomic E-state index is 0.0467. The van der Waals surface area contributed by atoms with Gasteiger partial charge in [-0.1, -0.05) is 11.6 Å². The van der Waals surface area contributed by atoms with Crippen LogP contribution in [0, 0.1) is 5.82 Å². The zero-order valence-electron chi connectivity index (χ0n) is 9.61.